The Labute approximate surface area is 276 Å². The van der Waals surface area contributed by atoms with Gasteiger partial charge in [0.2, 0.25) is 0 Å². The molecule has 2 fully saturated rings. The standard InChI is InChI=1S/C38H60O8/c1-10-11-12-13-14-15-16-17-18-19-28(39)46-37-22-25(3)36-21-24(2)29(40)38(36,44)30(41)26(23-45-32(43)33(4,5)6)20-27(31(36)42)35(37,9)34(37,7)8/h20-21,25,27,29-30,40-41,44H,10-19,22-23H2,1-9H3/t25-,27?,29?,30?,35-,36?,37-,38?/m1/s1. The number of unbranched alkanes of at least 4 members (excludes halogenated alkanes) is 8. The van der Waals surface area contributed by atoms with Crippen molar-refractivity contribution in [3.05, 3.63) is 23.3 Å². The molecule has 4 aliphatic rings. The topological polar surface area (TPSA) is 130 Å². The Hall–Kier alpha value is -2.03. The second-order valence-electron chi connectivity index (χ2n) is 16.6. The van der Waals surface area contributed by atoms with Crippen molar-refractivity contribution in [2.75, 3.05) is 6.61 Å². The van der Waals surface area contributed by atoms with Crippen molar-refractivity contribution in [1.82, 2.24) is 0 Å². The highest BCUT2D eigenvalue weighted by molar-refractivity contribution is 5.96. The number of fused-ring (bicyclic) bond motifs is 3. The first-order chi connectivity index (χ1) is 21.3. The molecule has 0 aromatic carbocycles. The van der Waals surface area contributed by atoms with Gasteiger partial charge in [-0.2, -0.15) is 0 Å². The summed E-state index contributed by atoms with van der Waals surface area (Å²) < 4.78 is 12.1. The third-order valence-corrected chi connectivity index (χ3v) is 12.6. The lowest BCUT2D eigenvalue weighted by molar-refractivity contribution is -0.192. The van der Waals surface area contributed by atoms with Crippen molar-refractivity contribution >= 4 is 17.7 Å². The fourth-order valence-electron chi connectivity index (χ4n) is 9.38. The lowest BCUT2D eigenvalue weighted by Crippen LogP contribution is -2.65. The summed E-state index contributed by atoms with van der Waals surface area (Å²) in [7, 11) is 0. The molecule has 5 unspecified atom stereocenters. The number of ketones is 1. The zero-order valence-electron chi connectivity index (χ0n) is 29.8. The molecule has 3 N–H and O–H groups in total. The van der Waals surface area contributed by atoms with E-state index >= 15 is 0 Å². The summed E-state index contributed by atoms with van der Waals surface area (Å²) in [6, 6.07) is 0. The SMILES string of the molecule is CCCCCCCCCCCC(=O)O[C@@]12C[C@@H](C)C34C=C(C)C(O)C3(O)C(O)C(COC(=O)C(C)(C)C)=CC(C4=O)[C@]1(C)C2(C)C. The minimum Gasteiger partial charge on any atom is -0.461 e. The van der Waals surface area contributed by atoms with Crippen molar-refractivity contribution in [1.29, 1.82) is 0 Å². The third kappa shape index (κ3) is 5.33. The van der Waals surface area contributed by atoms with Crippen LogP contribution in [0.4, 0.5) is 0 Å². The lowest BCUT2D eigenvalue weighted by atomic mass is 9.58. The van der Waals surface area contributed by atoms with E-state index in [9.17, 15) is 29.7 Å². The predicted molar refractivity (Wildman–Crippen MR) is 176 cm³/mol. The summed E-state index contributed by atoms with van der Waals surface area (Å²) in [5.41, 5.74) is -6.68. The molecule has 2 saturated carbocycles. The summed E-state index contributed by atoms with van der Waals surface area (Å²) in [6.07, 6.45) is 10.9. The number of hydrogen-bond acceptors (Lipinski definition) is 8. The lowest BCUT2D eigenvalue weighted by Gasteiger charge is -2.48. The van der Waals surface area contributed by atoms with Crippen molar-refractivity contribution in [3.63, 3.8) is 0 Å². The Morgan fingerprint density at radius 1 is 0.957 bits per heavy atom. The van der Waals surface area contributed by atoms with Crippen LogP contribution in [0.25, 0.3) is 0 Å². The molecule has 0 heterocycles. The van der Waals surface area contributed by atoms with E-state index in [1.165, 1.54) is 38.5 Å². The Morgan fingerprint density at radius 2 is 1.52 bits per heavy atom. The summed E-state index contributed by atoms with van der Waals surface area (Å²) in [6.45, 7) is 16.5. The number of carbonyl (C=O) groups is 3. The van der Waals surface area contributed by atoms with Gasteiger partial charge in [0.25, 0.3) is 0 Å². The predicted octanol–water partition coefficient (Wildman–Crippen LogP) is 6.39. The molecular formula is C38H60O8. The first kappa shape index (κ1) is 36.8. The van der Waals surface area contributed by atoms with Gasteiger partial charge in [-0.1, -0.05) is 98.1 Å². The average molecular weight is 645 g/mol. The van der Waals surface area contributed by atoms with Crippen LogP contribution in [0.15, 0.2) is 23.3 Å². The molecule has 4 aliphatic carbocycles. The fraction of sp³-hybridized carbons (Fsp3) is 0.816. The highest BCUT2D eigenvalue weighted by Gasteiger charge is 2.89. The molecule has 0 aromatic rings. The number of rotatable bonds is 13. The molecular weight excluding hydrogens is 584 g/mol. The van der Waals surface area contributed by atoms with E-state index in [0.29, 0.717) is 12.0 Å². The molecule has 8 atom stereocenters. The second-order valence-corrected chi connectivity index (χ2v) is 16.6. The third-order valence-electron chi connectivity index (χ3n) is 12.6. The van der Waals surface area contributed by atoms with E-state index in [2.05, 4.69) is 6.92 Å². The van der Waals surface area contributed by atoms with Gasteiger partial charge in [0, 0.05) is 23.2 Å². The highest BCUT2D eigenvalue weighted by atomic mass is 16.6. The Morgan fingerprint density at radius 3 is 2.09 bits per heavy atom. The average Bonchev–Trinajstić information content (AvgIpc) is 3.27. The van der Waals surface area contributed by atoms with Gasteiger partial charge in [0.1, 0.15) is 30.0 Å². The van der Waals surface area contributed by atoms with Crippen LogP contribution in [0.3, 0.4) is 0 Å². The second kappa shape index (κ2) is 12.8. The van der Waals surface area contributed by atoms with Gasteiger partial charge in [-0.05, 0) is 57.6 Å². The van der Waals surface area contributed by atoms with Crippen LogP contribution in [0.2, 0.25) is 0 Å². The van der Waals surface area contributed by atoms with Gasteiger partial charge in [-0.15, -0.1) is 0 Å². The van der Waals surface area contributed by atoms with Crippen molar-refractivity contribution in [3.8, 4) is 0 Å². The van der Waals surface area contributed by atoms with E-state index in [0.717, 1.165) is 19.3 Å². The monoisotopic (exact) mass is 644 g/mol. The molecule has 8 heteroatoms. The number of aliphatic hydroxyl groups excluding tert-OH is 2. The van der Waals surface area contributed by atoms with Gasteiger partial charge in [-0.25, -0.2) is 0 Å². The van der Waals surface area contributed by atoms with Gasteiger partial charge in [0.05, 0.1) is 10.8 Å². The van der Waals surface area contributed by atoms with E-state index in [1.807, 2.05) is 27.7 Å². The van der Waals surface area contributed by atoms with E-state index in [1.54, 1.807) is 39.8 Å². The summed E-state index contributed by atoms with van der Waals surface area (Å²) in [5, 5.41) is 35.7. The first-order valence-corrected chi connectivity index (χ1v) is 17.7. The normalized spacial score (nSPS) is 37.7. The van der Waals surface area contributed by atoms with Crippen molar-refractivity contribution in [2.45, 2.75) is 156 Å². The zero-order chi connectivity index (χ0) is 34.5. The maximum atomic E-state index is 14.9. The van der Waals surface area contributed by atoms with Crippen LogP contribution < -0.4 is 0 Å². The minimum absolute atomic E-state index is 0.162. The molecule has 2 bridgehead atoms. The van der Waals surface area contributed by atoms with Crippen LogP contribution in [-0.4, -0.2) is 63.1 Å². The van der Waals surface area contributed by atoms with Crippen LogP contribution in [-0.2, 0) is 23.9 Å². The molecule has 0 amide bonds. The Kier molecular flexibility index (Phi) is 10.2. The van der Waals surface area contributed by atoms with Crippen molar-refractivity contribution < 1.29 is 39.2 Å². The number of esters is 2. The van der Waals surface area contributed by atoms with Crippen LogP contribution >= 0.6 is 0 Å². The first-order valence-electron chi connectivity index (χ1n) is 17.7. The maximum Gasteiger partial charge on any atom is 0.311 e. The molecule has 0 aliphatic heterocycles. The summed E-state index contributed by atoms with van der Waals surface area (Å²) >= 11 is 0. The molecule has 1 spiro atoms. The molecule has 4 rings (SSSR count). The Balaban J connectivity index is 1.64. The van der Waals surface area contributed by atoms with E-state index < -0.39 is 62.9 Å². The van der Waals surface area contributed by atoms with Gasteiger partial charge in [0.15, 0.2) is 5.78 Å². The van der Waals surface area contributed by atoms with Crippen LogP contribution in [0.1, 0.15) is 133 Å². The van der Waals surface area contributed by atoms with Gasteiger partial charge >= 0.3 is 11.9 Å². The highest BCUT2D eigenvalue weighted by Crippen LogP contribution is 2.82. The number of ether oxygens (including phenoxy) is 2. The van der Waals surface area contributed by atoms with Crippen LogP contribution in [0, 0.1) is 33.5 Å². The number of carbonyl (C=O) groups excluding carboxylic acids is 3. The zero-order valence-corrected chi connectivity index (χ0v) is 29.8. The van der Waals surface area contributed by atoms with E-state index in [-0.39, 0.29) is 30.4 Å². The fourth-order valence-corrected chi connectivity index (χ4v) is 9.38. The molecule has 260 valence electrons. The molecule has 0 aromatic heterocycles. The summed E-state index contributed by atoms with van der Waals surface area (Å²) in [4.78, 5) is 41.2. The smallest absolute Gasteiger partial charge is 0.311 e. The largest absolute Gasteiger partial charge is 0.461 e. The number of Topliss-reactive ketones (excluding diaryl/α,β-unsaturated/α-hetero) is 1. The molecule has 0 radical (unpaired) electrons. The molecule has 46 heavy (non-hydrogen) atoms. The number of hydrogen-bond donors (Lipinski definition) is 3. The summed E-state index contributed by atoms with van der Waals surface area (Å²) in [5.74, 6) is -2.58. The quantitative estimate of drug-likeness (QED) is 0.120. The van der Waals surface area contributed by atoms with Gasteiger partial charge < -0.3 is 24.8 Å². The number of aliphatic hydroxyl groups is 3. The van der Waals surface area contributed by atoms with Crippen molar-refractivity contribution in [2.24, 2.45) is 33.5 Å². The van der Waals surface area contributed by atoms with Crippen LogP contribution in [0.5, 0.6) is 0 Å². The molecule has 0 saturated heterocycles. The molecule has 8 nitrogen and oxygen atoms in total. The van der Waals surface area contributed by atoms with E-state index in [4.69, 9.17) is 9.47 Å². The minimum atomic E-state index is -2.29. The Bertz CT molecular complexity index is 1260. The maximum absolute atomic E-state index is 14.9. The van der Waals surface area contributed by atoms with Gasteiger partial charge in [-0.3, -0.25) is 14.4 Å². The number of allylic oxidation sites excluding steroid dienone is 1.